The van der Waals surface area contributed by atoms with E-state index in [9.17, 15) is 5.11 Å². The number of rotatable bonds is 4. The first-order chi connectivity index (χ1) is 9.51. The molecule has 2 aromatic rings. The number of hydrogen-bond donors (Lipinski definition) is 2. The summed E-state index contributed by atoms with van der Waals surface area (Å²) in [6.07, 6.45) is -0.696. The van der Waals surface area contributed by atoms with Crippen LogP contribution in [0.15, 0.2) is 42.5 Å². The van der Waals surface area contributed by atoms with E-state index in [0.29, 0.717) is 16.6 Å². The maximum absolute atomic E-state index is 10.6. The molecule has 3 N–H and O–H groups in total. The van der Waals surface area contributed by atoms with E-state index in [-0.39, 0.29) is 5.92 Å². The average molecular weight is 310 g/mol. The Morgan fingerprint density at radius 3 is 2.20 bits per heavy atom. The summed E-state index contributed by atoms with van der Waals surface area (Å²) in [5.41, 5.74) is 8.58. The van der Waals surface area contributed by atoms with Crippen molar-refractivity contribution in [3.8, 4) is 0 Å². The first-order valence-electron chi connectivity index (χ1n) is 6.42. The summed E-state index contributed by atoms with van der Waals surface area (Å²) < 4.78 is 0. The Hall–Kier alpha value is -1.06. The number of benzene rings is 2. The summed E-state index contributed by atoms with van der Waals surface area (Å²) in [6.45, 7) is 2.29. The highest BCUT2D eigenvalue weighted by Crippen LogP contribution is 2.32. The van der Waals surface area contributed by atoms with Gasteiger partial charge < -0.3 is 10.8 Å². The number of aliphatic hydroxyl groups is 1. The van der Waals surface area contributed by atoms with Crippen molar-refractivity contribution in [1.82, 2.24) is 0 Å². The highest BCUT2D eigenvalue weighted by atomic mass is 35.5. The van der Waals surface area contributed by atoms with Gasteiger partial charge in [-0.1, -0.05) is 41.4 Å². The Kier molecular flexibility index (Phi) is 5.06. The number of nitrogens with two attached hydrogens (primary N) is 1. The van der Waals surface area contributed by atoms with Crippen LogP contribution in [0, 0.1) is 6.92 Å². The topological polar surface area (TPSA) is 46.2 Å². The van der Waals surface area contributed by atoms with E-state index in [1.807, 2.05) is 31.2 Å². The molecule has 0 saturated heterocycles. The molecule has 2 atom stereocenters. The molecule has 0 bridgehead atoms. The van der Waals surface area contributed by atoms with Gasteiger partial charge in [0.25, 0.3) is 0 Å². The van der Waals surface area contributed by atoms with Gasteiger partial charge in [-0.15, -0.1) is 0 Å². The molecule has 0 aliphatic rings. The van der Waals surface area contributed by atoms with Crippen molar-refractivity contribution in [3.05, 3.63) is 69.2 Å². The lowest BCUT2D eigenvalue weighted by molar-refractivity contribution is 0.147. The molecule has 20 heavy (non-hydrogen) atoms. The number of halogens is 2. The van der Waals surface area contributed by atoms with E-state index in [2.05, 4.69) is 0 Å². The fourth-order valence-corrected chi connectivity index (χ4v) is 2.75. The highest BCUT2D eigenvalue weighted by molar-refractivity contribution is 6.30. The molecule has 0 aliphatic carbocycles. The number of aliphatic hydroxyl groups excluding tert-OH is 1. The van der Waals surface area contributed by atoms with Crippen molar-refractivity contribution in [2.24, 2.45) is 5.73 Å². The summed E-state index contributed by atoms with van der Waals surface area (Å²) in [5, 5.41) is 11.9. The molecule has 0 saturated carbocycles. The van der Waals surface area contributed by atoms with Crippen LogP contribution in [0.25, 0.3) is 0 Å². The molecule has 0 fully saturated rings. The molecule has 0 heterocycles. The summed E-state index contributed by atoms with van der Waals surface area (Å²) >= 11 is 11.9. The molecule has 2 nitrogen and oxygen atoms in total. The minimum Gasteiger partial charge on any atom is -0.388 e. The molecule has 106 valence electrons. The van der Waals surface area contributed by atoms with Crippen LogP contribution >= 0.6 is 23.2 Å². The zero-order valence-electron chi connectivity index (χ0n) is 11.2. The molecule has 2 unspecified atom stereocenters. The standard InChI is InChI=1S/C16H17Cl2NO/c1-10-6-12(8-14(18)7-10)16(20)15(9-19)11-2-4-13(17)5-3-11/h2-8,15-16,20H,9,19H2,1H3. The molecule has 0 aromatic heterocycles. The number of aryl methyl sites for hydroxylation is 1. The molecule has 0 spiro atoms. The summed E-state index contributed by atoms with van der Waals surface area (Å²) in [7, 11) is 0. The van der Waals surface area contributed by atoms with E-state index in [1.165, 1.54) is 0 Å². The van der Waals surface area contributed by atoms with E-state index in [0.717, 1.165) is 16.7 Å². The lowest BCUT2D eigenvalue weighted by Crippen LogP contribution is -2.20. The van der Waals surface area contributed by atoms with Gasteiger partial charge in [0.2, 0.25) is 0 Å². The minimum absolute atomic E-state index is 0.190. The maximum atomic E-state index is 10.6. The van der Waals surface area contributed by atoms with Gasteiger partial charge in [-0.2, -0.15) is 0 Å². The van der Waals surface area contributed by atoms with Gasteiger partial charge in [0, 0.05) is 22.5 Å². The summed E-state index contributed by atoms with van der Waals surface area (Å²) in [5.74, 6) is -0.190. The maximum Gasteiger partial charge on any atom is 0.0871 e. The van der Waals surface area contributed by atoms with Crippen molar-refractivity contribution in [1.29, 1.82) is 0 Å². The predicted octanol–water partition coefficient (Wildman–Crippen LogP) is 4.08. The third kappa shape index (κ3) is 3.53. The Labute approximate surface area is 129 Å². The van der Waals surface area contributed by atoms with E-state index < -0.39 is 6.10 Å². The summed E-state index contributed by atoms with van der Waals surface area (Å²) in [6, 6.07) is 12.9. The molecular formula is C16H17Cl2NO. The Bertz CT molecular complexity index is 563. The van der Waals surface area contributed by atoms with Gasteiger partial charge in [-0.25, -0.2) is 0 Å². The quantitative estimate of drug-likeness (QED) is 0.894. The first-order valence-corrected chi connectivity index (χ1v) is 7.17. The largest absolute Gasteiger partial charge is 0.388 e. The van der Waals surface area contributed by atoms with Crippen molar-refractivity contribution in [2.75, 3.05) is 6.54 Å². The third-order valence-corrected chi connectivity index (χ3v) is 3.81. The van der Waals surface area contributed by atoms with Crippen LogP contribution in [-0.4, -0.2) is 11.7 Å². The number of hydrogen-bond acceptors (Lipinski definition) is 2. The normalized spacial score (nSPS) is 14.1. The Morgan fingerprint density at radius 1 is 1.00 bits per heavy atom. The molecular weight excluding hydrogens is 293 g/mol. The van der Waals surface area contributed by atoms with Crippen LogP contribution in [0.4, 0.5) is 0 Å². The summed E-state index contributed by atoms with van der Waals surface area (Å²) in [4.78, 5) is 0. The second kappa shape index (κ2) is 6.59. The molecule has 2 rings (SSSR count). The second-order valence-corrected chi connectivity index (χ2v) is 5.77. The highest BCUT2D eigenvalue weighted by Gasteiger charge is 2.22. The van der Waals surface area contributed by atoms with Gasteiger partial charge >= 0.3 is 0 Å². The molecule has 4 heteroatoms. The third-order valence-electron chi connectivity index (χ3n) is 3.34. The smallest absolute Gasteiger partial charge is 0.0871 e. The van der Waals surface area contributed by atoms with Crippen molar-refractivity contribution >= 4 is 23.2 Å². The first kappa shape index (κ1) is 15.3. The predicted molar refractivity (Wildman–Crippen MR) is 84.4 cm³/mol. The molecule has 2 aromatic carbocycles. The average Bonchev–Trinajstić information content (AvgIpc) is 2.40. The van der Waals surface area contributed by atoms with E-state index >= 15 is 0 Å². The van der Waals surface area contributed by atoms with Crippen molar-refractivity contribution in [3.63, 3.8) is 0 Å². The Morgan fingerprint density at radius 2 is 1.65 bits per heavy atom. The van der Waals surface area contributed by atoms with Crippen LogP contribution in [0.1, 0.15) is 28.7 Å². The van der Waals surface area contributed by atoms with Gasteiger partial charge in [0.1, 0.15) is 0 Å². The lowest BCUT2D eigenvalue weighted by Gasteiger charge is -2.23. The second-order valence-electron chi connectivity index (χ2n) is 4.90. The van der Waals surface area contributed by atoms with Gasteiger partial charge in [0.15, 0.2) is 0 Å². The molecule has 0 radical (unpaired) electrons. The van der Waals surface area contributed by atoms with Gasteiger partial charge in [0.05, 0.1) is 6.10 Å². The van der Waals surface area contributed by atoms with Crippen LogP contribution in [0.5, 0.6) is 0 Å². The van der Waals surface area contributed by atoms with Gasteiger partial charge in [-0.3, -0.25) is 0 Å². The van der Waals surface area contributed by atoms with Crippen LogP contribution in [0.2, 0.25) is 10.0 Å². The fourth-order valence-electron chi connectivity index (χ4n) is 2.32. The van der Waals surface area contributed by atoms with Crippen molar-refractivity contribution in [2.45, 2.75) is 18.9 Å². The SMILES string of the molecule is Cc1cc(Cl)cc(C(O)C(CN)c2ccc(Cl)cc2)c1. The van der Waals surface area contributed by atoms with Crippen LogP contribution in [-0.2, 0) is 0 Å². The zero-order valence-corrected chi connectivity index (χ0v) is 12.7. The van der Waals surface area contributed by atoms with Gasteiger partial charge in [-0.05, 0) is 47.9 Å². The fraction of sp³-hybridized carbons (Fsp3) is 0.250. The van der Waals surface area contributed by atoms with Crippen molar-refractivity contribution < 1.29 is 5.11 Å². The lowest BCUT2D eigenvalue weighted by atomic mass is 9.89. The minimum atomic E-state index is -0.696. The van der Waals surface area contributed by atoms with Crippen LogP contribution in [0.3, 0.4) is 0 Å². The molecule has 0 aliphatic heterocycles. The van der Waals surface area contributed by atoms with E-state index in [4.69, 9.17) is 28.9 Å². The zero-order chi connectivity index (χ0) is 14.7. The molecule has 0 amide bonds. The monoisotopic (exact) mass is 309 g/mol. The van der Waals surface area contributed by atoms with E-state index in [1.54, 1.807) is 18.2 Å². The Balaban J connectivity index is 2.33. The van der Waals surface area contributed by atoms with Crippen LogP contribution < -0.4 is 5.73 Å².